The minimum atomic E-state index is -0.826. The number of rotatable bonds is 6. The molecule has 1 unspecified atom stereocenters. The van der Waals surface area contributed by atoms with E-state index >= 15 is 0 Å². The summed E-state index contributed by atoms with van der Waals surface area (Å²) in [6.45, 7) is 0. The first-order valence-corrected chi connectivity index (χ1v) is 17.4. The van der Waals surface area contributed by atoms with Gasteiger partial charge in [0.2, 0.25) is 0 Å². The molecule has 1 nitrogen and oxygen atoms in total. The van der Waals surface area contributed by atoms with Crippen LogP contribution >= 0.6 is 25.6 Å². The quantitative estimate of drug-likeness (QED) is 0.247. The first-order chi connectivity index (χ1) is 16.0. The number of phenolic OH excluding ortho intramolecular Hbond substituents is 1. The summed E-state index contributed by atoms with van der Waals surface area (Å²) in [6, 6.07) is 27.6. The van der Waals surface area contributed by atoms with Crippen LogP contribution in [0.25, 0.3) is 0 Å². The average Bonchev–Trinajstić information content (AvgIpc) is 2.80. The van der Waals surface area contributed by atoms with Crippen molar-refractivity contribution in [1.82, 2.24) is 0 Å². The van der Waals surface area contributed by atoms with Crippen molar-refractivity contribution in [3.8, 4) is 5.75 Å². The van der Waals surface area contributed by atoms with Gasteiger partial charge >= 0.3 is 37.9 Å². The molecule has 0 saturated carbocycles. The van der Waals surface area contributed by atoms with E-state index in [1.54, 1.807) is 0 Å². The van der Waals surface area contributed by atoms with E-state index in [9.17, 15) is 13.9 Å². The second-order valence-electron chi connectivity index (χ2n) is 7.30. The van der Waals surface area contributed by atoms with Crippen molar-refractivity contribution < 1.29 is 34.7 Å². The number of phenols is 1. The van der Waals surface area contributed by atoms with E-state index in [1.165, 1.54) is 12.1 Å². The van der Waals surface area contributed by atoms with Gasteiger partial charge in [0.15, 0.2) is 0 Å². The average molecular weight is 581 g/mol. The SMILES string of the molecule is Oc1c(Cc2ccccc2)cc(Cc2ccccc2)cc1Pc1ccc(F)cc1F.[Cl][Zr][Cl]. The molecule has 0 aromatic heterocycles. The van der Waals surface area contributed by atoms with Crippen LogP contribution in [0.2, 0.25) is 0 Å². The predicted octanol–water partition coefficient (Wildman–Crippen LogP) is 6.86. The number of hydrogen-bond donors (Lipinski definition) is 1. The van der Waals surface area contributed by atoms with Crippen LogP contribution < -0.4 is 10.6 Å². The monoisotopic (exact) mass is 578 g/mol. The third kappa shape index (κ3) is 8.01. The summed E-state index contributed by atoms with van der Waals surface area (Å²) in [5, 5.41) is 12.0. The molecule has 33 heavy (non-hydrogen) atoms. The predicted molar refractivity (Wildman–Crippen MR) is 132 cm³/mol. The number of hydrogen-bond acceptors (Lipinski definition) is 1. The molecule has 0 bridgehead atoms. The molecule has 0 radical (unpaired) electrons. The summed E-state index contributed by atoms with van der Waals surface area (Å²) in [4.78, 5) is 0. The molecule has 1 N–H and O–H groups in total. The molecule has 4 aromatic rings. The minimum absolute atomic E-state index is 0.107. The topological polar surface area (TPSA) is 20.2 Å². The second-order valence-corrected chi connectivity index (χ2v) is 12.4. The zero-order valence-electron chi connectivity index (χ0n) is 17.5. The zero-order chi connectivity index (χ0) is 23.6. The van der Waals surface area contributed by atoms with Gasteiger partial charge in [-0.05, 0) is 46.9 Å². The summed E-state index contributed by atoms with van der Waals surface area (Å²) in [5.74, 6) is -1.02. The Bertz CT molecular complexity index is 1180. The Morgan fingerprint density at radius 3 is 1.85 bits per heavy atom. The molecule has 1 atom stereocenters. The van der Waals surface area contributed by atoms with Gasteiger partial charge in [-0.2, -0.15) is 0 Å². The van der Waals surface area contributed by atoms with E-state index in [0.717, 1.165) is 28.3 Å². The van der Waals surface area contributed by atoms with Gasteiger partial charge in [-0.15, -0.1) is 0 Å². The molecular weight excluding hydrogens is 559 g/mol. The molecule has 7 heteroatoms. The van der Waals surface area contributed by atoms with Gasteiger partial charge in [0, 0.05) is 23.1 Å². The van der Waals surface area contributed by atoms with Gasteiger partial charge in [0.25, 0.3) is 0 Å². The standard InChI is InChI=1S/C26H21F2OP.2ClH.Zr/c27-22-11-12-24(23(28)17-22)30-25-16-20(13-18-7-3-1-4-8-18)15-21(26(25)29)14-19-9-5-2-6-10-19;;;/h1-12,15-17,29-30H,13-14H2;2*1H;/q;;;+2/p-2. The third-order valence-corrected chi connectivity index (χ3v) is 6.26. The molecule has 4 aromatic carbocycles. The molecule has 4 rings (SSSR count). The van der Waals surface area contributed by atoms with Gasteiger partial charge in [-0.3, -0.25) is 0 Å². The Hall–Kier alpha value is -1.57. The summed E-state index contributed by atoms with van der Waals surface area (Å²) in [5.41, 5.74) is 4.11. The van der Waals surface area contributed by atoms with Crippen molar-refractivity contribution in [2.24, 2.45) is 0 Å². The van der Waals surface area contributed by atoms with Crippen molar-refractivity contribution in [1.29, 1.82) is 0 Å². The summed E-state index contributed by atoms with van der Waals surface area (Å²) >= 11 is -0.826. The Morgan fingerprint density at radius 1 is 0.697 bits per heavy atom. The Morgan fingerprint density at radius 2 is 1.27 bits per heavy atom. The molecule has 0 aliphatic carbocycles. The molecular formula is C26H21Cl2F2OPZr. The summed E-state index contributed by atoms with van der Waals surface area (Å²) < 4.78 is 27.5. The van der Waals surface area contributed by atoms with E-state index in [-0.39, 0.29) is 14.3 Å². The molecule has 0 aliphatic heterocycles. The zero-order valence-corrected chi connectivity index (χ0v) is 22.5. The van der Waals surface area contributed by atoms with E-state index in [2.05, 4.69) is 12.1 Å². The first kappa shape index (κ1) is 26.0. The van der Waals surface area contributed by atoms with Crippen LogP contribution in [0.4, 0.5) is 8.78 Å². The second kappa shape index (κ2) is 13.4. The van der Waals surface area contributed by atoms with Gasteiger partial charge in [-0.1, -0.05) is 75.3 Å². The first-order valence-electron chi connectivity index (χ1n) is 10.1. The molecule has 0 aliphatic rings. The number of benzene rings is 4. The van der Waals surface area contributed by atoms with Crippen LogP contribution in [0.15, 0.2) is 91.0 Å². The Labute approximate surface area is 213 Å². The molecule has 0 saturated heterocycles. The van der Waals surface area contributed by atoms with Crippen molar-refractivity contribution in [3.05, 3.63) is 125 Å². The Kier molecular flexibility index (Phi) is 10.5. The Balaban J connectivity index is 0.000000968. The van der Waals surface area contributed by atoms with Crippen LogP contribution in [-0.4, -0.2) is 5.11 Å². The summed E-state index contributed by atoms with van der Waals surface area (Å²) in [6.07, 6.45) is 1.30. The van der Waals surface area contributed by atoms with Crippen LogP contribution in [-0.2, 0) is 33.7 Å². The maximum atomic E-state index is 14.2. The van der Waals surface area contributed by atoms with Crippen LogP contribution in [0.5, 0.6) is 5.75 Å². The fourth-order valence-corrected chi connectivity index (χ4v) is 4.66. The van der Waals surface area contributed by atoms with Crippen molar-refractivity contribution in [2.75, 3.05) is 0 Å². The fourth-order valence-electron chi connectivity index (χ4n) is 3.48. The molecule has 0 amide bonds. The third-order valence-electron chi connectivity index (χ3n) is 4.94. The van der Waals surface area contributed by atoms with Crippen LogP contribution in [0, 0.1) is 11.6 Å². The normalized spacial score (nSPS) is 10.7. The van der Waals surface area contributed by atoms with Crippen LogP contribution in [0.3, 0.4) is 0 Å². The van der Waals surface area contributed by atoms with Crippen molar-refractivity contribution >= 4 is 36.2 Å². The van der Waals surface area contributed by atoms with Gasteiger partial charge < -0.3 is 5.11 Å². The van der Waals surface area contributed by atoms with Gasteiger partial charge in [0.05, 0.1) is 0 Å². The number of aromatic hydroxyl groups is 1. The maximum absolute atomic E-state index is 14.2. The van der Waals surface area contributed by atoms with E-state index < -0.39 is 32.5 Å². The molecule has 0 spiro atoms. The number of halogens is 4. The van der Waals surface area contributed by atoms with Crippen molar-refractivity contribution in [2.45, 2.75) is 12.8 Å². The molecule has 168 valence electrons. The van der Waals surface area contributed by atoms with E-state index in [4.69, 9.17) is 17.0 Å². The van der Waals surface area contributed by atoms with E-state index in [1.807, 2.05) is 60.7 Å². The molecule has 0 fully saturated rings. The van der Waals surface area contributed by atoms with Gasteiger partial charge in [-0.25, -0.2) is 8.78 Å². The fraction of sp³-hybridized carbons (Fsp3) is 0.0769. The van der Waals surface area contributed by atoms with Gasteiger partial charge in [0.1, 0.15) is 17.4 Å². The van der Waals surface area contributed by atoms with Crippen molar-refractivity contribution in [3.63, 3.8) is 0 Å². The molecule has 0 heterocycles. The van der Waals surface area contributed by atoms with E-state index in [0.29, 0.717) is 23.5 Å². The van der Waals surface area contributed by atoms with Crippen LogP contribution in [0.1, 0.15) is 22.3 Å². The summed E-state index contributed by atoms with van der Waals surface area (Å²) in [7, 11) is 9.76.